The predicted molar refractivity (Wildman–Crippen MR) is 61.8 cm³/mol. The smallest absolute Gasteiger partial charge is 0.136 e. The number of aromatic nitrogens is 2. The van der Waals surface area contributed by atoms with Gasteiger partial charge in [0.2, 0.25) is 0 Å². The Labute approximate surface area is 90.1 Å². The van der Waals surface area contributed by atoms with Crippen molar-refractivity contribution in [2.45, 2.75) is 26.3 Å². The summed E-state index contributed by atoms with van der Waals surface area (Å²) in [6.45, 7) is 4.20. The third-order valence-corrected chi connectivity index (χ3v) is 2.53. The van der Waals surface area contributed by atoms with E-state index in [0.717, 1.165) is 18.7 Å². The van der Waals surface area contributed by atoms with Gasteiger partial charge < -0.3 is 9.72 Å². The van der Waals surface area contributed by atoms with Gasteiger partial charge in [-0.05, 0) is 25.1 Å². The predicted octanol–water partition coefficient (Wildman–Crippen LogP) is 2.22. The van der Waals surface area contributed by atoms with Gasteiger partial charge in [-0.3, -0.25) is 0 Å². The number of imidazole rings is 1. The van der Waals surface area contributed by atoms with Gasteiger partial charge >= 0.3 is 0 Å². The molecule has 0 unspecified atom stereocenters. The lowest BCUT2D eigenvalue weighted by molar-refractivity contribution is 0.630. The van der Waals surface area contributed by atoms with Gasteiger partial charge in [0, 0.05) is 24.6 Å². The van der Waals surface area contributed by atoms with Crippen LogP contribution in [0.15, 0.2) is 30.6 Å². The van der Waals surface area contributed by atoms with Gasteiger partial charge in [0.1, 0.15) is 5.65 Å². The molecule has 0 amide bonds. The standard InChI is InChI=1S/C12H17N3/c1-2-3-7-13-10-11-5-4-6-12-14-8-9-15(11)12/h4-6,8-9,13H,2-3,7,10H2,1H3. The maximum atomic E-state index is 4.26. The molecule has 3 heteroatoms. The summed E-state index contributed by atoms with van der Waals surface area (Å²) in [4.78, 5) is 4.26. The molecule has 0 aliphatic heterocycles. The molecule has 0 spiro atoms. The maximum Gasteiger partial charge on any atom is 0.136 e. The lowest BCUT2D eigenvalue weighted by Crippen LogP contribution is -2.16. The molecule has 15 heavy (non-hydrogen) atoms. The fraction of sp³-hybridized carbons (Fsp3) is 0.417. The van der Waals surface area contributed by atoms with E-state index >= 15 is 0 Å². The van der Waals surface area contributed by atoms with Crippen LogP contribution in [0.2, 0.25) is 0 Å². The molecule has 0 aromatic carbocycles. The van der Waals surface area contributed by atoms with Crippen LogP contribution < -0.4 is 5.32 Å². The molecule has 0 fully saturated rings. The van der Waals surface area contributed by atoms with E-state index < -0.39 is 0 Å². The Balaban J connectivity index is 2.04. The van der Waals surface area contributed by atoms with E-state index in [1.165, 1.54) is 18.5 Å². The fourth-order valence-electron chi connectivity index (χ4n) is 1.67. The number of hydrogen-bond acceptors (Lipinski definition) is 2. The Kier molecular flexibility index (Phi) is 3.35. The van der Waals surface area contributed by atoms with Crippen molar-refractivity contribution in [2.24, 2.45) is 0 Å². The number of pyridine rings is 1. The summed E-state index contributed by atoms with van der Waals surface area (Å²) in [7, 11) is 0. The van der Waals surface area contributed by atoms with Crippen molar-refractivity contribution in [1.82, 2.24) is 14.7 Å². The quantitative estimate of drug-likeness (QED) is 0.755. The molecular formula is C12H17N3. The summed E-state index contributed by atoms with van der Waals surface area (Å²) in [5.41, 5.74) is 2.28. The highest BCUT2D eigenvalue weighted by molar-refractivity contribution is 5.39. The molecule has 0 saturated carbocycles. The van der Waals surface area contributed by atoms with Crippen molar-refractivity contribution in [1.29, 1.82) is 0 Å². The second-order valence-corrected chi connectivity index (χ2v) is 3.70. The summed E-state index contributed by atoms with van der Waals surface area (Å²) in [6.07, 6.45) is 6.32. The lowest BCUT2D eigenvalue weighted by atomic mass is 10.3. The average molecular weight is 203 g/mol. The van der Waals surface area contributed by atoms with Crippen LogP contribution in [0.1, 0.15) is 25.5 Å². The minimum Gasteiger partial charge on any atom is -0.311 e. The van der Waals surface area contributed by atoms with E-state index in [0.29, 0.717) is 0 Å². The first-order valence-electron chi connectivity index (χ1n) is 5.53. The number of rotatable bonds is 5. The minimum absolute atomic E-state index is 0.910. The van der Waals surface area contributed by atoms with Crippen LogP contribution in [0.5, 0.6) is 0 Å². The second-order valence-electron chi connectivity index (χ2n) is 3.70. The second kappa shape index (κ2) is 4.94. The summed E-state index contributed by atoms with van der Waals surface area (Å²) in [5.74, 6) is 0. The first-order valence-corrected chi connectivity index (χ1v) is 5.53. The highest BCUT2D eigenvalue weighted by Crippen LogP contribution is 2.05. The van der Waals surface area contributed by atoms with Crippen LogP contribution in [-0.2, 0) is 6.54 Å². The first kappa shape index (κ1) is 10.2. The summed E-state index contributed by atoms with van der Waals surface area (Å²) in [6, 6.07) is 6.21. The van der Waals surface area contributed by atoms with Crippen molar-refractivity contribution < 1.29 is 0 Å². The van der Waals surface area contributed by atoms with Gasteiger partial charge in [-0.15, -0.1) is 0 Å². The molecule has 80 valence electrons. The molecule has 2 aromatic heterocycles. The molecule has 0 radical (unpaired) electrons. The molecule has 0 atom stereocenters. The van der Waals surface area contributed by atoms with Crippen molar-refractivity contribution in [3.05, 3.63) is 36.3 Å². The molecule has 2 rings (SSSR count). The van der Waals surface area contributed by atoms with Crippen molar-refractivity contribution >= 4 is 5.65 Å². The summed E-state index contributed by atoms with van der Waals surface area (Å²) < 4.78 is 2.12. The largest absolute Gasteiger partial charge is 0.311 e. The van der Waals surface area contributed by atoms with Crippen molar-refractivity contribution in [3.8, 4) is 0 Å². The highest BCUT2D eigenvalue weighted by atomic mass is 15.0. The Morgan fingerprint density at radius 2 is 2.33 bits per heavy atom. The van der Waals surface area contributed by atoms with Crippen LogP contribution in [0.25, 0.3) is 5.65 Å². The molecule has 0 bridgehead atoms. The normalized spacial score (nSPS) is 11.0. The number of fused-ring (bicyclic) bond motifs is 1. The Hall–Kier alpha value is -1.35. The number of nitrogens with zero attached hydrogens (tertiary/aromatic N) is 2. The van der Waals surface area contributed by atoms with E-state index in [2.05, 4.69) is 33.8 Å². The van der Waals surface area contributed by atoms with Crippen molar-refractivity contribution in [3.63, 3.8) is 0 Å². The van der Waals surface area contributed by atoms with Crippen LogP contribution in [-0.4, -0.2) is 15.9 Å². The average Bonchev–Trinajstić information content (AvgIpc) is 2.73. The van der Waals surface area contributed by atoms with Gasteiger partial charge in [-0.2, -0.15) is 0 Å². The van der Waals surface area contributed by atoms with Gasteiger partial charge in [0.25, 0.3) is 0 Å². The van der Waals surface area contributed by atoms with Gasteiger partial charge in [-0.1, -0.05) is 19.4 Å². The van der Waals surface area contributed by atoms with Gasteiger partial charge in [-0.25, -0.2) is 4.98 Å². The Morgan fingerprint density at radius 1 is 1.40 bits per heavy atom. The molecule has 0 aliphatic rings. The zero-order valence-corrected chi connectivity index (χ0v) is 9.11. The van der Waals surface area contributed by atoms with Crippen LogP contribution in [0.4, 0.5) is 0 Å². The van der Waals surface area contributed by atoms with E-state index in [1.807, 2.05) is 18.5 Å². The minimum atomic E-state index is 0.910. The third kappa shape index (κ3) is 2.36. The van der Waals surface area contributed by atoms with Crippen LogP contribution in [0.3, 0.4) is 0 Å². The SMILES string of the molecule is CCCCNCc1cccc2nccn12. The molecule has 3 nitrogen and oxygen atoms in total. The third-order valence-electron chi connectivity index (χ3n) is 2.53. The summed E-state index contributed by atoms with van der Waals surface area (Å²) in [5, 5.41) is 3.44. The van der Waals surface area contributed by atoms with Gasteiger partial charge in [0.05, 0.1) is 0 Å². The van der Waals surface area contributed by atoms with E-state index in [-0.39, 0.29) is 0 Å². The number of unbranched alkanes of at least 4 members (excludes halogenated alkanes) is 1. The number of hydrogen-bond donors (Lipinski definition) is 1. The van der Waals surface area contributed by atoms with Crippen LogP contribution >= 0.6 is 0 Å². The highest BCUT2D eigenvalue weighted by Gasteiger charge is 1.98. The Morgan fingerprint density at radius 3 is 3.20 bits per heavy atom. The zero-order chi connectivity index (χ0) is 10.5. The van der Waals surface area contributed by atoms with Crippen molar-refractivity contribution in [2.75, 3.05) is 6.54 Å². The summed E-state index contributed by atoms with van der Waals surface area (Å²) >= 11 is 0. The number of nitrogens with one attached hydrogen (secondary N) is 1. The molecule has 0 aliphatic carbocycles. The van der Waals surface area contributed by atoms with E-state index in [9.17, 15) is 0 Å². The van der Waals surface area contributed by atoms with E-state index in [4.69, 9.17) is 0 Å². The maximum absolute atomic E-state index is 4.26. The lowest BCUT2D eigenvalue weighted by Gasteiger charge is -2.06. The first-order chi connectivity index (χ1) is 7.42. The fourth-order valence-corrected chi connectivity index (χ4v) is 1.67. The zero-order valence-electron chi connectivity index (χ0n) is 9.11. The van der Waals surface area contributed by atoms with E-state index in [1.54, 1.807) is 0 Å². The topological polar surface area (TPSA) is 29.3 Å². The molecule has 2 heterocycles. The van der Waals surface area contributed by atoms with Gasteiger partial charge in [0.15, 0.2) is 0 Å². The monoisotopic (exact) mass is 203 g/mol. The van der Waals surface area contributed by atoms with Crippen LogP contribution in [0, 0.1) is 0 Å². The Bertz CT molecular complexity index is 419. The molecular weight excluding hydrogens is 186 g/mol. The molecule has 1 N–H and O–H groups in total. The molecule has 0 saturated heterocycles. The molecule has 2 aromatic rings.